The standard InChI is InChI=1S/C17H13Cl2NO4/c1-17(10-5-2-3-8-14(10)24-16(17)21)11(9-20(22)23)15-12(18)6-4-7-13(15)19/h2-8,11H,9H2,1H3/t11-,17-/m0/s1. The van der Waals surface area contributed by atoms with Crippen molar-refractivity contribution in [2.45, 2.75) is 18.3 Å². The molecule has 0 aromatic heterocycles. The molecule has 0 spiro atoms. The number of rotatable bonds is 4. The molecule has 0 aliphatic carbocycles. The van der Waals surface area contributed by atoms with Gasteiger partial charge in [-0.1, -0.05) is 47.5 Å². The summed E-state index contributed by atoms with van der Waals surface area (Å²) in [6, 6.07) is 11.8. The van der Waals surface area contributed by atoms with Crippen LogP contribution in [0.4, 0.5) is 0 Å². The minimum Gasteiger partial charge on any atom is -0.426 e. The van der Waals surface area contributed by atoms with Crippen LogP contribution in [0.2, 0.25) is 10.0 Å². The summed E-state index contributed by atoms with van der Waals surface area (Å²) < 4.78 is 5.34. The zero-order valence-electron chi connectivity index (χ0n) is 12.7. The summed E-state index contributed by atoms with van der Waals surface area (Å²) in [5, 5.41) is 11.9. The lowest BCUT2D eigenvalue weighted by Crippen LogP contribution is -2.40. The van der Waals surface area contributed by atoms with Gasteiger partial charge < -0.3 is 4.74 Å². The molecule has 2 atom stereocenters. The van der Waals surface area contributed by atoms with Gasteiger partial charge in [-0.25, -0.2) is 0 Å². The fraction of sp³-hybridized carbons (Fsp3) is 0.235. The van der Waals surface area contributed by atoms with Gasteiger partial charge in [0.25, 0.3) is 0 Å². The van der Waals surface area contributed by atoms with Gasteiger partial charge >= 0.3 is 5.97 Å². The van der Waals surface area contributed by atoms with Gasteiger partial charge in [0, 0.05) is 26.1 Å². The van der Waals surface area contributed by atoms with Crippen LogP contribution in [-0.4, -0.2) is 17.4 Å². The van der Waals surface area contributed by atoms with Crippen molar-refractivity contribution in [3.05, 3.63) is 73.8 Å². The molecule has 0 fully saturated rings. The van der Waals surface area contributed by atoms with Crippen LogP contribution in [-0.2, 0) is 10.2 Å². The molecule has 2 aromatic rings. The lowest BCUT2D eigenvalue weighted by Gasteiger charge is -2.30. The van der Waals surface area contributed by atoms with Crippen LogP contribution in [0.3, 0.4) is 0 Å². The third-order valence-corrected chi connectivity index (χ3v) is 5.11. The molecule has 1 aliphatic heterocycles. The maximum Gasteiger partial charge on any atom is 0.322 e. The Morgan fingerprint density at radius 1 is 1.17 bits per heavy atom. The van der Waals surface area contributed by atoms with E-state index in [-0.39, 0.29) is 10.0 Å². The van der Waals surface area contributed by atoms with Gasteiger partial charge in [-0.3, -0.25) is 14.9 Å². The number of hydrogen-bond acceptors (Lipinski definition) is 4. The number of nitro groups is 1. The molecule has 0 unspecified atom stereocenters. The Balaban J connectivity index is 2.24. The van der Waals surface area contributed by atoms with Crippen molar-refractivity contribution >= 4 is 29.2 Å². The smallest absolute Gasteiger partial charge is 0.322 e. The molecule has 2 aromatic carbocycles. The van der Waals surface area contributed by atoms with Crippen LogP contribution in [0.25, 0.3) is 0 Å². The van der Waals surface area contributed by atoms with Crippen LogP contribution < -0.4 is 4.74 Å². The number of fused-ring (bicyclic) bond motifs is 1. The molecule has 1 heterocycles. The summed E-state index contributed by atoms with van der Waals surface area (Å²) in [6.45, 7) is 1.14. The topological polar surface area (TPSA) is 69.4 Å². The maximum absolute atomic E-state index is 12.6. The van der Waals surface area contributed by atoms with Crippen molar-refractivity contribution in [3.63, 3.8) is 0 Å². The molecular formula is C17H13Cl2NO4. The number of ether oxygens (including phenoxy) is 1. The van der Waals surface area contributed by atoms with Gasteiger partial charge in [0.05, 0.1) is 5.92 Å². The summed E-state index contributed by atoms with van der Waals surface area (Å²) in [4.78, 5) is 23.5. The molecule has 0 saturated carbocycles. The second kappa shape index (κ2) is 6.07. The largest absolute Gasteiger partial charge is 0.426 e. The van der Waals surface area contributed by atoms with Crippen molar-refractivity contribution in [2.24, 2.45) is 0 Å². The highest BCUT2D eigenvalue weighted by Crippen LogP contribution is 2.50. The van der Waals surface area contributed by atoms with Gasteiger partial charge in [-0.15, -0.1) is 0 Å². The lowest BCUT2D eigenvalue weighted by molar-refractivity contribution is -0.484. The van der Waals surface area contributed by atoms with Crippen molar-refractivity contribution in [1.82, 2.24) is 0 Å². The number of hydrogen-bond donors (Lipinski definition) is 0. The van der Waals surface area contributed by atoms with Gasteiger partial charge in [-0.05, 0) is 25.1 Å². The first kappa shape index (κ1) is 16.7. The highest BCUT2D eigenvalue weighted by molar-refractivity contribution is 6.36. The molecule has 0 saturated heterocycles. The molecule has 1 aliphatic rings. The Labute approximate surface area is 148 Å². The van der Waals surface area contributed by atoms with E-state index in [0.29, 0.717) is 16.9 Å². The summed E-state index contributed by atoms with van der Waals surface area (Å²) in [7, 11) is 0. The Morgan fingerprint density at radius 2 is 1.79 bits per heavy atom. The summed E-state index contributed by atoms with van der Waals surface area (Å²) in [5.41, 5.74) is -0.273. The lowest BCUT2D eigenvalue weighted by atomic mass is 9.69. The summed E-state index contributed by atoms with van der Waals surface area (Å²) in [5.74, 6) is -1.00. The zero-order valence-corrected chi connectivity index (χ0v) is 14.2. The number of para-hydroxylation sites is 1. The van der Waals surface area contributed by atoms with Gasteiger partial charge in [-0.2, -0.15) is 0 Å². The molecule has 124 valence electrons. The zero-order chi connectivity index (χ0) is 17.5. The number of carbonyl (C=O) groups excluding carboxylic acids is 1. The normalized spacial score (nSPS) is 20.4. The number of carbonyl (C=O) groups is 1. The molecule has 24 heavy (non-hydrogen) atoms. The summed E-state index contributed by atoms with van der Waals surface area (Å²) in [6.07, 6.45) is 0. The average molecular weight is 366 g/mol. The van der Waals surface area contributed by atoms with Crippen molar-refractivity contribution in [2.75, 3.05) is 6.54 Å². The van der Waals surface area contributed by atoms with E-state index >= 15 is 0 Å². The molecule has 3 rings (SSSR count). The Bertz CT molecular complexity index is 819. The van der Waals surface area contributed by atoms with Crippen molar-refractivity contribution in [1.29, 1.82) is 0 Å². The Morgan fingerprint density at radius 3 is 2.42 bits per heavy atom. The van der Waals surface area contributed by atoms with E-state index in [2.05, 4.69) is 0 Å². The number of nitrogens with zero attached hydrogens (tertiary/aromatic N) is 1. The second-order valence-electron chi connectivity index (χ2n) is 5.79. The molecule has 7 heteroatoms. The molecule has 0 bridgehead atoms. The van der Waals surface area contributed by atoms with Crippen LogP contribution >= 0.6 is 23.2 Å². The average Bonchev–Trinajstić information content (AvgIpc) is 2.78. The van der Waals surface area contributed by atoms with E-state index in [1.807, 2.05) is 0 Å². The molecule has 5 nitrogen and oxygen atoms in total. The van der Waals surface area contributed by atoms with Crippen LogP contribution in [0.1, 0.15) is 24.0 Å². The third kappa shape index (κ3) is 2.54. The maximum atomic E-state index is 12.6. The quantitative estimate of drug-likeness (QED) is 0.351. The predicted molar refractivity (Wildman–Crippen MR) is 90.5 cm³/mol. The highest BCUT2D eigenvalue weighted by atomic mass is 35.5. The van der Waals surface area contributed by atoms with E-state index in [4.69, 9.17) is 27.9 Å². The fourth-order valence-corrected chi connectivity index (χ4v) is 3.85. The van der Waals surface area contributed by atoms with E-state index in [1.54, 1.807) is 49.4 Å². The second-order valence-corrected chi connectivity index (χ2v) is 6.61. The van der Waals surface area contributed by atoms with Crippen molar-refractivity contribution in [3.8, 4) is 5.75 Å². The van der Waals surface area contributed by atoms with Gasteiger partial charge in [0.1, 0.15) is 11.2 Å². The Kier molecular flexibility index (Phi) is 4.24. The first-order valence-electron chi connectivity index (χ1n) is 7.23. The van der Waals surface area contributed by atoms with E-state index in [1.165, 1.54) is 0 Å². The molecule has 0 radical (unpaired) electrons. The number of benzene rings is 2. The third-order valence-electron chi connectivity index (χ3n) is 4.45. The number of esters is 1. The van der Waals surface area contributed by atoms with Crippen LogP contribution in [0, 0.1) is 10.1 Å². The first-order chi connectivity index (χ1) is 11.4. The van der Waals surface area contributed by atoms with Crippen molar-refractivity contribution < 1.29 is 14.5 Å². The monoisotopic (exact) mass is 365 g/mol. The highest BCUT2D eigenvalue weighted by Gasteiger charge is 2.54. The molecule has 0 N–H and O–H groups in total. The van der Waals surface area contributed by atoms with E-state index in [9.17, 15) is 14.9 Å². The van der Waals surface area contributed by atoms with Crippen LogP contribution in [0.5, 0.6) is 5.75 Å². The fourth-order valence-electron chi connectivity index (χ4n) is 3.19. The van der Waals surface area contributed by atoms with E-state index < -0.39 is 28.8 Å². The molecule has 0 amide bonds. The van der Waals surface area contributed by atoms with Crippen LogP contribution in [0.15, 0.2) is 42.5 Å². The first-order valence-corrected chi connectivity index (χ1v) is 7.98. The van der Waals surface area contributed by atoms with Gasteiger partial charge in [0.15, 0.2) is 0 Å². The predicted octanol–water partition coefficient (Wildman–Crippen LogP) is 4.23. The Hall–Kier alpha value is -2.11. The van der Waals surface area contributed by atoms with E-state index in [0.717, 1.165) is 0 Å². The minimum absolute atomic E-state index is 0.285. The summed E-state index contributed by atoms with van der Waals surface area (Å²) >= 11 is 12.5. The SMILES string of the molecule is C[C@]1([C@@H](C[N+](=O)[O-])c2c(Cl)cccc2Cl)C(=O)Oc2ccccc21. The minimum atomic E-state index is -1.25. The number of halogens is 2. The van der Waals surface area contributed by atoms with Gasteiger partial charge in [0.2, 0.25) is 6.54 Å². The molecular weight excluding hydrogens is 353 g/mol.